The van der Waals surface area contributed by atoms with Crippen LogP contribution in [0.5, 0.6) is 0 Å². The second-order valence-corrected chi connectivity index (χ2v) is 5.55. The van der Waals surface area contributed by atoms with Gasteiger partial charge in [-0.25, -0.2) is 0 Å². The quantitative estimate of drug-likeness (QED) is 0.870. The van der Waals surface area contributed by atoms with Crippen LogP contribution in [0.4, 0.5) is 11.4 Å². The molecule has 0 unspecified atom stereocenters. The van der Waals surface area contributed by atoms with E-state index in [1.807, 2.05) is 38.1 Å². The number of nitrogens with two attached hydrogens (primary N) is 1. The lowest BCUT2D eigenvalue weighted by Crippen LogP contribution is -2.21. The van der Waals surface area contributed by atoms with Crippen LogP contribution >= 0.6 is 15.9 Å². The maximum Gasteiger partial charge on any atom is 0.246 e. The number of halogens is 1. The lowest BCUT2D eigenvalue weighted by molar-refractivity contribution is -0.116. The Morgan fingerprint density at radius 1 is 1.33 bits per heavy atom. The van der Waals surface area contributed by atoms with Crippen molar-refractivity contribution < 1.29 is 4.79 Å². The zero-order valence-electron chi connectivity index (χ0n) is 12.2. The molecule has 21 heavy (non-hydrogen) atoms. The Balaban J connectivity index is 2.15. The number of para-hydroxylation sites is 1. The first kappa shape index (κ1) is 15.6. The molecule has 1 aromatic heterocycles. The van der Waals surface area contributed by atoms with Gasteiger partial charge in [0.1, 0.15) is 6.54 Å². The van der Waals surface area contributed by atoms with E-state index >= 15 is 0 Å². The summed E-state index contributed by atoms with van der Waals surface area (Å²) < 4.78 is 2.55. The molecule has 2 rings (SSSR count). The van der Waals surface area contributed by atoms with Crippen LogP contribution in [0.3, 0.4) is 0 Å². The van der Waals surface area contributed by atoms with Crippen LogP contribution in [0.25, 0.3) is 0 Å². The molecule has 5 nitrogen and oxygen atoms in total. The van der Waals surface area contributed by atoms with E-state index in [-0.39, 0.29) is 12.5 Å². The van der Waals surface area contributed by atoms with Crippen LogP contribution in [0, 0.1) is 0 Å². The molecule has 0 aliphatic carbocycles. The normalized spacial score (nSPS) is 10.6. The van der Waals surface area contributed by atoms with Gasteiger partial charge in [0.15, 0.2) is 0 Å². The molecule has 0 spiro atoms. The maximum absolute atomic E-state index is 12.2. The van der Waals surface area contributed by atoms with Crippen molar-refractivity contribution in [1.29, 1.82) is 0 Å². The number of hydrogen-bond acceptors (Lipinski definition) is 3. The summed E-state index contributed by atoms with van der Waals surface area (Å²) in [4.78, 5) is 12.2. The van der Waals surface area contributed by atoms with Gasteiger partial charge in [-0.2, -0.15) is 5.10 Å². The smallest absolute Gasteiger partial charge is 0.246 e. The van der Waals surface area contributed by atoms with E-state index in [4.69, 9.17) is 5.73 Å². The fourth-order valence-electron chi connectivity index (χ4n) is 2.22. The molecule has 2 aromatic rings. The molecule has 0 fully saturated rings. The molecule has 112 valence electrons. The number of amides is 1. The fraction of sp³-hybridized carbons (Fsp3) is 0.333. The number of carbonyl (C=O) groups is 1. The third-order valence-electron chi connectivity index (χ3n) is 3.29. The van der Waals surface area contributed by atoms with Gasteiger partial charge in [0.2, 0.25) is 5.91 Å². The van der Waals surface area contributed by atoms with Crippen LogP contribution in [0.15, 0.2) is 28.7 Å². The van der Waals surface area contributed by atoms with Crippen molar-refractivity contribution in [1.82, 2.24) is 9.78 Å². The topological polar surface area (TPSA) is 72.9 Å². The molecule has 0 aliphatic rings. The third kappa shape index (κ3) is 3.44. The molecule has 0 saturated heterocycles. The summed E-state index contributed by atoms with van der Waals surface area (Å²) in [5, 5.41) is 7.29. The molecule has 3 N–H and O–H groups in total. The van der Waals surface area contributed by atoms with E-state index in [1.165, 1.54) is 0 Å². The molecule has 1 heterocycles. The molecule has 0 atom stereocenters. The van der Waals surface area contributed by atoms with Crippen molar-refractivity contribution in [3.63, 3.8) is 0 Å². The van der Waals surface area contributed by atoms with Gasteiger partial charge < -0.3 is 11.1 Å². The minimum atomic E-state index is -0.123. The Morgan fingerprint density at radius 3 is 2.67 bits per heavy atom. The summed E-state index contributed by atoms with van der Waals surface area (Å²) in [7, 11) is 0. The SMILES string of the molecule is CCc1nn(CC(=O)Nc2ccccc2Br)c(CC)c1N. The lowest BCUT2D eigenvalue weighted by atomic mass is 10.2. The van der Waals surface area contributed by atoms with Gasteiger partial charge >= 0.3 is 0 Å². The number of aryl methyl sites for hydroxylation is 1. The number of carbonyl (C=O) groups excluding carboxylic acids is 1. The van der Waals surface area contributed by atoms with Crippen molar-refractivity contribution in [2.75, 3.05) is 11.1 Å². The van der Waals surface area contributed by atoms with E-state index in [2.05, 4.69) is 26.3 Å². The van der Waals surface area contributed by atoms with Crippen molar-refractivity contribution in [3.8, 4) is 0 Å². The Bertz CT molecular complexity index is 651. The summed E-state index contributed by atoms with van der Waals surface area (Å²) in [5.74, 6) is -0.123. The molecule has 6 heteroatoms. The Kier molecular flexibility index (Phi) is 5.01. The van der Waals surface area contributed by atoms with Crippen LogP contribution in [0.2, 0.25) is 0 Å². The van der Waals surface area contributed by atoms with Gasteiger partial charge in [0, 0.05) is 4.47 Å². The first-order valence-electron chi connectivity index (χ1n) is 6.95. The van der Waals surface area contributed by atoms with Gasteiger partial charge in [0.05, 0.1) is 22.8 Å². The molecular weight excluding hydrogens is 332 g/mol. The number of rotatable bonds is 5. The van der Waals surface area contributed by atoms with E-state index in [9.17, 15) is 4.79 Å². The summed E-state index contributed by atoms with van der Waals surface area (Å²) in [6.07, 6.45) is 1.51. The zero-order chi connectivity index (χ0) is 15.4. The molecule has 1 amide bonds. The number of nitrogens with zero attached hydrogens (tertiary/aromatic N) is 2. The van der Waals surface area contributed by atoms with Crippen LogP contribution in [0.1, 0.15) is 25.2 Å². The van der Waals surface area contributed by atoms with E-state index in [0.29, 0.717) is 5.69 Å². The number of aromatic nitrogens is 2. The minimum absolute atomic E-state index is 0.123. The van der Waals surface area contributed by atoms with Crippen molar-refractivity contribution in [2.45, 2.75) is 33.2 Å². The Labute approximate surface area is 132 Å². The summed E-state index contributed by atoms with van der Waals surface area (Å²) in [6, 6.07) is 7.50. The van der Waals surface area contributed by atoms with Gasteiger partial charge in [-0.05, 0) is 40.9 Å². The average Bonchev–Trinajstić information content (AvgIpc) is 2.76. The first-order chi connectivity index (χ1) is 10.1. The maximum atomic E-state index is 12.2. The highest BCUT2D eigenvalue weighted by atomic mass is 79.9. The van der Waals surface area contributed by atoms with Crippen molar-refractivity contribution >= 4 is 33.2 Å². The second kappa shape index (κ2) is 6.76. The molecular formula is C15H19BrN4O. The van der Waals surface area contributed by atoms with E-state index in [1.54, 1.807) is 4.68 Å². The number of nitrogen functional groups attached to an aromatic ring is 1. The molecule has 0 aliphatic heterocycles. The Hall–Kier alpha value is -1.82. The number of hydrogen-bond donors (Lipinski definition) is 2. The summed E-state index contributed by atoms with van der Waals surface area (Å²) >= 11 is 3.41. The van der Waals surface area contributed by atoms with Crippen molar-refractivity contribution in [2.24, 2.45) is 0 Å². The number of anilines is 2. The predicted octanol–water partition coefficient (Wildman–Crippen LogP) is 2.99. The van der Waals surface area contributed by atoms with Gasteiger partial charge in [-0.15, -0.1) is 0 Å². The van der Waals surface area contributed by atoms with E-state index in [0.717, 1.165) is 34.4 Å². The largest absolute Gasteiger partial charge is 0.396 e. The van der Waals surface area contributed by atoms with Crippen molar-refractivity contribution in [3.05, 3.63) is 40.1 Å². The summed E-state index contributed by atoms with van der Waals surface area (Å²) in [5.41, 5.74) is 9.26. The lowest BCUT2D eigenvalue weighted by Gasteiger charge is -2.09. The minimum Gasteiger partial charge on any atom is -0.396 e. The second-order valence-electron chi connectivity index (χ2n) is 4.70. The zero-order valence-corrected chi connectivity index (χ0v) is 13.8. The summed E-state index contributed by atoms with van der Waals surface area (Å²) in [6.45, 7) is 4.17. The Morgan fingerprint density at radius 2 is 2.05 bits per heavy atom. The van der Waals surface area contributed by atoms with Crippen LogP contribution < -0.4 is 11.1 Å². The first-order valence-corrected chi connectivity index (χ1v) is 7.74. The molecule has 1 aromatic carbocycles. The number of nitrogens with one attached hydrogen (secondary N) is 1. The highest BCUT2D eigenvalue weighted by molar-refractivity contribution is 9.10. The van der Waals surface area contributed by atoms with E-state index < -0.39 is 0 Å². The average molecular weight is 351 g/mol. The monoisotopic (exact) mass is 350 g/mol. The molecule has 0 bridgehead atoms. The van der Waals surface area contributed by atoms with Gasteiger partial charge in [-0.1, -0.05) is 26.0 Å². The highest BCUT2D eigenvalue weighted by Gasteiger charge is 2.15. The van der Waals surface area contributed by atoms with Gasteiger partial charge in [-0.3, -0.25) is 9.48 Å². The number of benzene rings is 1. The third-order valence-corrected chi connectivity index (χ3v) is 3.98. The van der Waals surface area contributed by atoms with Crippen LogP contribution in [-0.4, -0.2) is 15.7 Å². The molecule has 0 radical (unpaired) electrons. The van der Waals surface area contributed by atoms with Crippen LogP contribution in [-0.2, 0) is 24.2 Å². The standard InChI is InChI=1S/C15H19BrN4O/c1-3-11-15(17)13(4-2)20(19-11)9-14(21)18-12-8-6-5-7-10(12)16/h5-8H,3-4,9,17H2,1-2H3,(H,18,21). The van der Waals surface area contributed by atoms with Gasteiger partial charge in [0.25, 0.3) is 0 Å². The fourth-order valence-corrected chi connectivity index (χ4v) is 2.60. The highest BCUT2D eigenvalue weighted by Crippen LogP contribution is 2.22. The molecule has 0 saturated carbocycles. The predicted molar refractivity (Wildman–Crippen MR) is 88.2 cm³/mol.